The number of nitrogens with one attached hydrogen (secondary N) is 2. The molecule has 0 aliphatic carbocycles. The molecule has 4 amide bonds. The Hall–Kier alpha value is -6.49. The van der Waals surface area contributed by atoms with E-state index in [1.165, 1.54) is 28.0 Å². The number of aromatic nitrogens is 1. The van der Waals surface area contributed by atoms with Gasteiger partial charge in [0, 0.05) is 38.3 Å². The molecule has 0 aliphatic rings. The van der Waals surface area contributed by atoms with Crippen molar-refractivity contribution in [2.75, 3.05) is 38.1 Å². The second-order valence-corrected chi connectivity index (χ2v) is 12.0. The summed E-state index contributed by atoms with van der Waals surface area (Å²) in [6, 6.07) is 35.3. The number of likely N-dealkylation sites (N-methyl/N-ethyl adjacent to an activating group) is 2. The third-order valence-corrected chi connectivity index (χ3v) is 8.57. The molecule has 4 aromatic carbocycles. The summed E-state index contributed by atoms with van der Waals surface area (Å²) in [5.74, 6) is -0.673. The van der Waals surface area contributed by atoms with E-state index in [4.69, 9.17) is 9.47 Å². The lowest BCUT2D eigenvalue weighted by Crippen LogP contribution is -2.49. The molecular weight excluding hydrogens is 658 g/mol. The zero-order valence-electron chi connectivity index (χ0n) is 29.5. The SMILES string of the molecule is COc1ccc(N(C)C(=O)[C@H](Cc2ccccc2)NC(=O)c2cccc(C(=O)N[C@@H](Cc3ccccc3)C(=O)N(C)c3ccc(OC)cc3)n2)cc1. The van der Waals surface area contributed by atoms with E-state index >= 15 is 0 Å². The van der Waals surface area contributed by atoms with Crippen LogP contribution in [0.2, 0.25) is 0 Å². The van der Waals surface area contributed by atoms with Crippen molar-refractivity contribution < 1.29 is 28.7 Å². The minimum absolute atomic E-state index is 0.0631. The quantitative estimate of drug-likeness (QED) is 0.165. The first-order valence-corrected chi connectivity index (χ1v) is 16.7. The van der Waals surface area contributed by atoms with E-state index in [9.17, 15) is 19.2 Å². The molecule has 0 unspecified atom stereocenters. The predicted octanol–water partition coefficient (Wildman–Crippen LogP) is 5.11. The van der Waals surface area contributed by atoms with Crippen LogP contribution < -0.4 is 29.9 Å². The molecule has 0 bridgehead atoms. The monoisotopic (exact) mass is 699 g/mol. The fraction of sp³-hybridized carbons (Fsp3) is 0.195. The standard InChI is InChI=1S/C41H41N5O6/c1-45(30-18-22-32(51-3)23-19-30)40(49)36(26-28-12-7-5-8-13-28)43-38(47)34-16-11-17-35(42-34)39(48)44-37(27-29-14-9-6-10-15-29)41(50)46(2)31-20-24-33(52-4)25-21-31/h5-25,36-37H,26-27H2,1-4H3,(H,43,47)(H,44,48)/t36-,37-/m0/s1. The number of methoxy groups -OCH3 is 2. The molecule has 0 spiro atoms. The Morgan fingerprint density at radius 1 is 0.538 bits per heavy atom. The highest BCUT2D eigenvalue weighted by atomic mass is 16.5. The van der Waals surface area contributed by atoms with Crippen LogP contribution in [0.15, 0.2) is 127 Å². The van der Waals surface area contributed by atoms with E-state index in [1.54, 1.807) is 76.8 Å². The predicted molar refractivity (Wildman–Crippen MR) is 200 cm³/mol. The molecule has 0 radical (unpaired) electrons. The molecule has 1 heterocycles. The van der Waals surface area contributed by atoms with E-state index in [1.807, 2.05) is 60.7 Å². The van der Waals surface area contributed by atoms with Gasteiger partial charge in [-0.05, 0) is 71.8 Å². The lowest BCUT2D eigenvalue weighted by molar-refractivity contribution is -0.120. The summed E-state index contributed by atoms with van der Waals surface area (Å²) in [6.45, 7) is 0. The van der Waals surface area contributed by atoms with Crippen LogP contribution in [-0.2, 0) is 22.4 Å². The van der Waals surface area contributed by atoms with Gasteiger partial charge in [0.15, 0.2) is 0 Å². The van der Waals surface area contributed by atoms with E-state index in [-0.39, 0.29) is 36.0 Å². The Balaban J connectivity index is 1.35. The molecule has 2 N–H and O–H groups in total. The lowest BCUT2D eigenvalue weighted by Gasteiger charge is -2.25. The van der Waals surface area contributed by atoms with Crippen molar-refractivity contribution in [2.24, 2.45) is 0 Å². The molecular formula is C41H41N5O6. The number of carbonyl (C=O) groups excluding carboxylic acids is 4. The average Bonchev–Trinajstić information content (AvgIpc) is 3.20. The Bertz CT molecular complexity index is 1830. The van der Waals surface area contributed by atoms with Gasteiger partial charge in [-0.3, -0.25) is 19.2 Å². The van der Waals surface area contributed by atoms with E-state index in [0.717, 1.165) is 11.1 Å². The van der Waals surface area contributed by atoms with Gasteiger partial charge in [-0.25, -0.2) is 4.98 Å². The van der Waals surface area contributed by atoms with Crippen LogP contribution in [0.25, 0.3) is 0 Å². The molecule has 1 aromatic heterocycles. The van der Waals surface area contributed by atoms with Gasteiger partial charge < -0.3 is 29.9 Å². The molecule has 2 atom stereocenters. The largest absolute Gasteiger partial charge is 0.497 e. The second-order valence-electron chi connectivity index (χ2n) is 12.0. The Kier molecular flexibility index (Phi) is 12.3. The number of ether oxygens (including phenoxy) is 2. The van der Waals surface area contributed by atoms with Crippen molar-refractivity contribution in [2.45, 2.75) is 24.9 Å². The number of pyridine rings is 1. The van der Waals surface area contributed by atoms with E-state index < -0.39 is 23.9 Å². The first kappa shape index (κ1) is 36.8. The summed E-state index contributed by atoms with van der Waals surface area (Å²) >= 11 is 0. The van der Waals surface area contributed by atoms with Crippen molar-refractivity contribution >= 4 is 35.0 Å². The normalized spacial score (nSPS) is 11.8. The molecule has 0 saturated carbocycles. The molecule has 11 heteroatoms. The van der Waals surface area contributed by atoms with Gasteiger partial charge in [-0.1, -0.05) is 66.7 Å². The molecule has 0 fully saturated rings. The molecule has 5 aromatic rings. The molecule has 0 aliphatic heterocycles. The summed E-state index contributed by atoms with van der Waals surface area (Å²) in [5.41, 5.74) is 2.80. The number of benzene rings is 4. The molecule has 52 heavy (non-hydrogen) atoms. The highest BCUT2D eigenvalue weighted by Gasteiger charge is 2.29. The lowest BCUT2D eigenvalue weighted by atomic mass is 10.0. The third kappa shape index (κ3) is 9.39. The van der Waals surface area contributed by atoms with Crippen LogP contribution >= 0.6 is 0 Å². The zero-order valence-corrected chi connectivity index (χ0v) is 29.5. The number of anilines is 2. The van der Waals surface area contributed by atoms with E-state index in [0.29, 0.717) is 22.9 Å². The van der Waals surface area contributed by atoms with Crippen molar-refractivity contribution in [1.29, 1.82) is 0 Å². The van der Waals surface area contributed by atoms with Gasteiger partial charge in [0.25, 0.3) is 11.8 Å². The molecule has 266 valence electrons. The maximum atomic E-state index is 13.8. The zero-order chi connectivity index (χ0) is 37.0. The van der Waals surface area contributed by atoms with Gasteiger partial charge in [0.1, 0.15) is 35.0 Å². The Labute approximate surface area is 303 Å². The van der Waals surface area contributed by atoms with Crippen LogP contribution in [0.5, 0.6) is 11.5 Å². The van der Waals surface area contributed by atoms with Crippen LogP contribution in [0.1, 0.15) is 32.1 Å². The number of hydrogen-bond donors (Lipinski definition) is 2. The number of nitrogens with zero attached hydrogens (tertiary/aromatic N) is 3. The number of amides is 4. The van der Waals surface area contributed by atoms with Gasteiger partial charge >= 0.3 is 0 Å². The maximum Gasteiger partial charge on any atom is 0.270 e. The van der Waals surface area contributed by atoms with Crippen molar-refractivity contribution in [3.05, 3.63) is 150 Å². The molecule has 11 nitrogen and oxygen atoms in total. The molecule has 0 saturated heterocycles. The molecule has 5 rings (SSSR count). The van der Waals surface area contributed by atoms with Gasteiger partial charge in [-0.15, -0.1) is 0 Å². The van der Waals surface area contributed by atoms with Crippen LogP contribution in [-0.4, -0.2) is 69.0 Å². The summed E-state index contributed by atoms with van der Waals surface area (Å²) in [5, 5.41) is 5.67. The summed E-state index contributed by atoms with van der Waals surface area (Å²) in [7, 11) is 6.40. The Morgan fingerprint density at radius 2 is 0.904 bits per heavy atom. The van der Waals surface area contributed by atoms with E-state index in [2.05, 4.69) is 15.6 Å². The van der Waals surface area contributed by atoms with Crippen molar-refractivity contribution in [1.82, 2.24) is 15.6 Å². The third-order valence-electron chi connectivity index (χ3n) is 8.57. The minimum atomic E-state index is -0.956. The number of carbonyl (C=O) groups is 4. The highest BCUT2D eigenvalue weighted by Crippen LogP contribution is 2.21. The van der Waals surface area contributed by atoms with Crippen LogP contribution in [0, 0.1) is 0 Å². The topological polar surface area (TPSA) is 130 Å². The highest BCUT2D eigenvalue weighted by molar-refractivity contribution is 6.04. The van der Waals surface area contributed by atoms with Gasteiger partial charge in [-0.2, -0.15) is 0 Å². The first-order chi connectivity index (χ1) is 25.2. The summed E-state index contributed by atoms with van der Waals surface area (Å²) in [4.78, 5) is 62.3. The number of rotatable bonds is 14. The minimum Gasteiger partial charge on any atom is -0.497 e. The van der Waals surface area contributed by atoms with Gasteiger partial charge in [0.05, 0.1) is 14.2 Å². The van der Waals surface area contributed by atoms with Gasteiger partial charge in [0.2, 0.25) is 11.8 Å². The van der Waals surface area contributed by atoms with Crippen LogP contribution in [0.4, 0.5) is 11.4 Å². The van der Waals surface area contributed by atoms with Crippen LogP contribution in [0.3, 0.4) is 0 Å². The van der Waals surface area contributed by atoms with Crippen molar-refractivity contribution in [3.8, 4) is 11.5 Å². The first-order valence-electron chi connectivity index (χ1n) is 16.7. The maximum absolute atomic E-state index is 13.8. The fourth-order valence-corrected chi connectivity index (χ4v) is 5.59. The smallest absolute Gasteiger partial charge is 0.270 e. The number of hydrogen-bond acceptors (Lipinski definition) is 7. The van der Waals surface area contributed by atoms with Crippen molar-refractivity contribution in [3.63, 3.8) is 0 Å². The summed E-state index contributed by atoms with van der Waals surface area (Å²) in [6.07, 6.45) is 0.439. The fourth-order valence-electron chi connectivity index (χ4n) is 5.59. The summed E-state index contributed by atoms with van der Waals surface area (Å²) < 4.78 is 10.5. The Morgan fingerprint density at radius 3 is 1.25 bits per heavy atom. The second kappa shape index (κ2) is 17.4. The average molecular weight is 700 g/mol.